The van der Waals surface area contributed by atoms with Crippen LogP contribution < -0.4 is 15.6 Å². The number of ketones is 1. The van der Waals surface area contributed by atoms with Crippen LogP contribution in [0.25, 0.3) is 10.9 Å². The number of nitrogens with zero attached hydrogens (tertiary/aromatic N) is 2. The molecule has 0 saturated carbocycles. The van der Waals surface area contributed by atoms with Gasteiger partial charge in [-0.15, -0.1) is 0 Å². The smallest absolute Gasteiger partial charge is 0.262 e. The zero-order valence-corrected chi connectivity index (χ0v) is 20.5. The molecule has 0 saturated heterocycles. The summed E-state index contributed by atoms with van der Waals surface area (Å²) in [6, 6.07) is 21.4. The summed E-state index contributed by atoms with van der Waals surface area (Å²) in [6.07, 6.45) is 0. The summed E-state index contributed by atoms with van der Waals surface area (Å²) in [5.74, 6) is 0.460. The maximum Gasteiger partial charge on any atom is 0.262 e. The third kappa shape index (κ3) is 5.60. The van der Waals surface area contributed by atoms with Gasteiger partial charge in [-0.3, -0.25) is 19.0 Å². The van der Waals surface area contributed by atoms with Crippen molar-refractivity contribution in [3.63, 3.8) is 0 Å². The van der Waals surface area contributed by atoms with Crippen LogP contribution in [0.15, 0.2) is 82.7 Å². The molecule has 0 radical (unpaired) electrons. The van der Waals surface area contributed by atoms with Gasteiger partial charge in [0.2, 0.25) is 5.91 Å². The summed E-state index contributed by atoms with van der Waals surface area (Å²) < 4.78 is 6.82. The zero-order valence-electron chi connectivity index (χ0n) is 19.6. The number of carbonyl (C=O) groups excluding carboxylic acids is 2. The predicted octanol–water partition coefficient (Wildman–Crippen LogP) is 4.78. The number of ether oxygens (including phenoxy) is 1. The lowest BCUT2D eigenvalue weighted by Gasteiger charge is -2.17. The summed E-state index contributed by atoms with van der Waals surface area (Å²) in [5, 5.41) is 3.31. The first-order valence-corrected chi connectivity index (χ1v) is 11.9. The second-order valence-electron chi connectivity index (χ2n) is 8.03. The van der Waals surface area contributed by atoms with E-state index >= 15 is 0 Å². The van der Waals surface area contributed by atoms with Crippen LogP contribution in [-0.4, -0.2) is 33.6 Å². The van der Waals surface area contributed by atoms with E-state index in [-0.39, 0.29) is 17.2 Å². The average Bonchev–Trinajstić information content (AvgIpc) is 2.87. The van der Waals surface area contributed by atoms with Crippen LogP contribution in [0.4, 0.5) is 5.69 Å². The number of hydrogen-bond donors (Lipinski definition) is 1. The van der Waals surface area contributed by atoms with E-state index in [2.05, 4.69) is 5.32 Å². The van der Waals surface area contributed by atoms with E-state index in [0.29, 0.717) is 33.9 Å². The van der Waals surface area contributed by atoms with Crippen LogP contribution >= 0.6 is 11.8 Å². The van der Waals surface area contributed by atoms with E-state index in [1.54, 1.807) is 55.0 Å². The minimum Gasteiger partial charge on any atom is -0.497 e. The van der Waals surface area contributed by atoms with Gasteiger partial charge in [-0.25, -0.2) is 4.98 Å². The molecule has 4 aromatic rings. The highest BCUT2D eigenvalue weighted by Crippen LogP contribution is 2.25. The molecule has 1 atom stereocenters. The molecule has 4 rings (SSSR count). The van der Waals surface area contributed by atoms with Crippen molar-refractivity contribution in [3.05, 3.63) is 94.3 Å². The Hall–Kier alpha value is -3.91. The molecular formula is C27H25N3O4S. The molecule has 1 amide bonds. The van der Waals surface area contributed by atoms with Crippen LogP contribution in [0.2, 0.25) is 0 Å². The number of para-hydroxylation sites is 1. The largest absolute Gasteiger partial charge is 0.497 e. The monoisotopic (exact) mass is 487 g/mol. The van der Waals surface area contributed by atoms with Crippen LogP contribution in [0.3, 0.4) is 0 Å². The maximum absolute atomic E-state index is 13.4. The molecule has 0 bridgehead atoms. The van der Waals surface area contributed by atoms with Gasteiger partial charge in [-0.2, -0.15) is 0 Å². The number of rotatable bonds is 8. The van der Waals surface area contributed by atoms with E-state index in [4.69, 9.17) is 9.72 Å². The number of amides is 1. The van der Waals surface area contributed by atoms with E-state index in [1.165, 1.54) is 18.7 Å². The van der Waals surface area contributed by atoms with E-state index in [1.807, 2.05) is 36.4 Å². The van der Waals surface area contributed by atoms with Gasteiger partial charge in [0.1, 0.15) is 5.75 Å². The van der Waals surface area contributed by atoms with Crippen molar-refractivity contribution in [3.8, 4) is 5.75 Å². The first kappa shape index (κ1) is 24.2. The fourth-order valence-corrected chi connectivity index (χ4v) is 4.44. The first-order valence-electron chi connectivity index (χ1n) is 11.1. The number of hydrogen-bond acceptors (Lipinski definition) is 6. The predicted molar refractivity (Wildman–Crippen MR) is 138 cm³/mol. The van der Waals surface area contributed by atoms with Gasteiger partial charge in [0.05, 0.1) is 29.8 Å². The van der Waals surface area contributed by atoms with Crippen molar-refractivity contribution in [1.82, 2.24) is 9.55 Å². The van der Waals surface area contributed by atoms with E-state index in [9.17, 15) is 14.4 Å². The zero-order chi connectivity index (χ0) is 24.9. The molecule has 8 heteroatoms. The molecule has 1 unspecified atom stereocenters. The number of aromatic nitrogens is 2. The Kier molecular flexibility index (Phi) is 7.31. The van der Waals surface area contributed by atoms with Crippen molar-refractivity contribution in [2.75, 3.05) is 12.4 Å². The summed E-state index contributed by atoms with van der Waals surface area (Å²) in [7, 11) is 1.60. The van der Waals surface area contributed by atoms with Crippen LogP contribution in [0, 0.1) is 0 Å². The summed E-state index contributed by atoms with van der Waals surface area (Å²) in [6.45, 7) is 3.57. The normalized spacial score (nSPS) is 11.7. The second-order valence-corrected chi connectivity index (χ2v) is 9.34. The van der Waals surface area contributed by atoms with Crippen molar-refractivity contribution in [2.45, 2.75) is 30.8 Å². The molecule has 35 heavy (non-hydrogen) atoms. The van der Waals surface area contributed by atoms with Gasteiger partial charge in [-0.1, -0.05) is 36.0 Å². The van der Waals surface area contributed by atoms with Crippen LogP contribution in [0.1, 0.15) is 29.8 Å². The van der Waals surface area contributed by atoms with Crippen molar-refractivity contribution < 1.29 is 14.3 Å². The topological polar surface area (TPSA) is 90.3 Å². The number of anilines is 1. The molecule has 0 aliphatic heterocycles. The van der Waals surface area contributed by atoms with Gasteiger partial charge in [-0.05, 0) is 67.9 Å². The van der Waals surface area contributed by atoms with Gasteiger partial charge >= 0.3 is 0 Å². The highest BCUT2D eigenvalue weighted by molar-refractivity contribution is 8.00. The van der Waals surface area contributed by atoms with E-state index in [0.717, 1.165) is 11.3 Å². The number of methoxy groups -OCH3 is 1. The highest BCUT2D eigenvalue weighted by Gasteiger charge is 2.20. The molecule has 178 valence electrons. The fraction of sp³-hybridized carbons (Fsp3) is 0.185. The Labute approximate surface area is 207 Å². The molecular weight excluding hydrogens is 462 g/mol. The maximum atomic E-state index is 13.4. The Morgan fingerprint density at radius 1 is 1.03 bits per heavy atom. The Morgan fingerprint density at radius 2 is 1.71 bits per heavy atom. The molecule has 1 aromatic heterocycles. The minimum absolute atomic E-state index is 0.0380. The van der Waals surface area contributed by atoms with Crippen LogP contribution in [0.5, 0.6) is 5.75 Å². The van der Waals surface area contributed by atoms with Gasteiger partial charge in [0.15, 0.2) is 10.9 Å². The lowest BCUT2D eigenvalue weighted by Crippen LogP contribution is -2.27. The van der Waals surface area contributed by atoms with Gasteiger partial charge < -0.3 is 10.1 Å². The number of thioether (sulfide) groups is 1. The van der Waals surface area contributed by atoms with Crippen molar-refractivity contribution in [2.24, 2.45) is 0 Å². The Bertz CT molecular complexity index is 1430. The molecule has 0 spiro atoms. The first-order chi connectivity index (χ1) is 16.9. The van der Waals surface area contributed by atoms with Crippen molar-refractivity contribution >= 4 is 40.0 Å². The van der Waals surface area contributed by atoms with Gasteiger partial charge in [0.25, 0.3) is 5.56 Å². The lowest BCUT2D eigenvalue weighted by atomic mass is 10.1. The Morgan fingerprint density at radius 3 is 2.37 bits per heavy atom. The number of nitrogens with one attached hydrogen (secondary N) is 1. The summed E-state index contributed by atoms with van der Waals surface area (Å²) in [4.78, 5) is 42.4. The fourth-order valence-electron chi connectivity index (χ4n) is 3.53. The number of benzene rings is 3. The standard InChI is InChI=1S/C27H25N3O4S/c1-17(31)20-10-12-21(13-11-20)28-25(32)18(2)35-27-29-24-7-5-4-6-23(24)26(33)30(27)16-19-8-14-22(34-3)15-9-19/h4-15,18H,16H2,1-3H3,(H,28,32). The number of fused-ring (bicyclic) bond motifs is 1. The molecule has 1 N–H and O–H groups in total. The van der Waals surface area contributed by atoms with Gasteiger partial charge in [0, 0.05) is 11.3 Å². The quantitative estimate of drug-likeness (QED) is 0.219. The molecule has 1 heterocycles. The molecule has 0 aliphatic rings. The third-order valence-corrected chi connectivity index (χ3v) is 6.63. The second kappa shape index (κ2) is 10.6. The van der Waals surface area contributed by atoms with Crippen LogP contribution in [-0.2, 0) is 11.3 Å². The Balaban J connectivity index is 1.61. The van der Waals surface area contributed by atoms with E-state index < -0.39 is 5.25 Å². The summed E-state index contributed by atoms with van der Waals surface area (Å²) >= 11 is 1.22. The molecule has 0 aliphatic carbocycles. The molecule has 0 fully saturated rings. The average molecular weight is 488 g/mol. The molecule has 7 nitrogen and oxygen atoms in total. The molecule has 3 aromatic carbocycles. The number of carbonyl (C=O) groups is 2. The third-order valence-electron chi connectivity index (χ3n) is 5.54. The van der Waals surface area contributed by atoms with Crippen molar-refractivity contribution in [1.29, 1.82) is 0 Å². The SMILES string of the molecule is COc1ccc(Cn2c(SC(C)C(=O)Nc3ccc(C(C)=O)cc3)nc3ccccc3c2=O)cc1. The number of Topliss-reactive ketones (excluding diaryl/α,β-unsaturated/α-hetero) is 1. The minimum atomic E-state index is -0.530. The highest BCUT2D eigenvalue weighted by atomic mass is 32.2. The summed E-state index contributed by atoms with van der Waals surface area (Å²) in [5.41, 5.74) is 2.50. The lowest BCUT2D eigenvalue weighted by molar-refractivity contribution is -0.115.